The number of carboxylic acids is 1. The number of hydrogen-bond donors (Lipinski definition) is 2. The minimum absolute atomic E-state index is 0.222. The summed E-state index contributed by atoms with van der Waals surface area (Å²) >= 11 is 1.60. The predicted octanol–water partition coefficient (Wildman–Crippen LogP) is 3.20. The Morgan fingerprint density at radius 2 is 2.10 bits per heavy atom. The van der Waals surface area contributed by atoms with Crippen LogP contribution in [0.5, 0.6) is 0 Å². The lowest BCUT2D eigenvalue weighted by Gasteiger charge is -2.13. The number of thiophene rings is 1. The van der Waals surface area contributed by atoms with Gasteiger partial charge in [0.2, 0.25) is 5.91 Å². The number of fused-ring (bicyclic) bond motifs is 1. The van der Waals surface area contributed by atoms with Gasteiger partial charge < -0.3 is 10.4 Å². The van der Waals surface area contributed by atoms with Gasteiger partial charge in [0.1, 0.15) is 6.04 Å². The highest BCUT2D eigenvalue weighted by molar-refractivity contribution is 7.17. The Labute approximate surface area is 127 Å². The Balaban J connectivity index is 2.02. The van der Waals surface area contributed by atoms with Gasteiger partial charge in [0.25, 0.3) is 0 Å². The molecular formula is C16H19NO3S. The van der Waals surface area contributed by atoms with Crippen LogP contribution in [-0.2, 0) is 16.0 Å². The number of amides is 1. The quantitative estimate of drug-likeness (QED) is 0.825. The molecule has 1 heterocycles. The number of benzene rings is 1. The Morgan fingerprint density at radius 3 is 2.81 bits per heavy atom. The molecule has 5 heteroatoms. The van der Waals surface area contributed by atoms with Gasteiger partial charge in [-0.2, -0.15) is 0 Å². The van der Waals surface area contributed by atoms with Gasteiger partial charge in [0, 0.05) is 4.70 Å². The normalized spacial score (nSPS) is 12.2. The van der Waals surface area contributed by atoms with Crippen LogP contribution in [0.1, 0.15) is 31.7 Å². The van der Waals surface area contributed by atoms with Gasteiger partial charge in [-0.15, -0.1) is 11.3 Å². The van der Waals surface area contributed by atoms with E-state index in [9.17, 15) is 9.59 Å². The Kier molecular flexibility index (Phi) is 5.33. The zero-order valence-corrected chi connectivity index (χ0v) is 12.8. The van der Waals surface area contributed by atoms with Crippen molar-refractivity contribution < 1.29 is 14.7 Å². The van der Waals surface area contributed by atoms with E-state index in [-0.39, 0.29) is 12.3 Å². The standard InChI is InChI=1S/C16H19NO3S/c1-2-3-7-13(16(19)20)17-15(18)9-11-10-21-14-8-5-4-6-12(11)14/h4-6,8,10,13H,2-3,7,9H2,1H3,(H,17,18)(H,19,20)/t13-/m0/s1. The van der Waals surface area contributed by atoms with E-state index in [4.69, 9.17) is 5.11 Å². The SMILES string of the molecule is CCCC[C@H](NC(=O)Cc1csc2ccccc12)C(=O)O. The highest BCUT2D eigenvalue weighted by Gasteiger charge is 2.19. The third kappa shape index (κ3) is 4.04. The predicted molar refractivity (Wildman–Crippen MR) is 84.6 cm³/mol. The highest BCUT2D eigenvalue weighted by Crippen LogP contribution is 2.25. The Hall–Kier alpha value is -1.88. The molecule has 2 rings (SSSR count). The second kappa shape index (κ2) is 7.22. The second-order valence-corrected chi connectivity index (χ2v) is 5.95. The van der Waals surface area contributed by atoms with Gasteiger partial charge in [0.05, 0.1) is 6.42 Å². The summed E-state index contributed by atoms with van der Waals surface area (Å²) in [7, 11) is 0. The second-order valence-electron chi connectivity index (χ2n) is 5.03. The molecular weight excluding hydrogens is 286 g/mol. The molecule has 21 heavy (non-hydrogen) atoms. The summed E-state index contributed by atoms with van der Waals surface area (Å²) in [5.74, 6) is -1.20. The molecule has 4 nitrogen and oxygen atoms in total. The van der Waals surface area contributed by atoms with Crippen molar-refractivity contribution in [3.05, 3.63) is 35.2 Å². The van der Waals surface area contributed by atoms with Gasteiger partial charge in [-0.1, -0.05) is 38.0 Å². The molecule has 0 bridgehead atoms. The molecule has 1 atom stereocenters. The van der Waals surface area contributed by atoms with Crippen LogP contribution >= 0.6 is 11.3 Å². The van der Waals surface area contributed by atoms with Gasteiger partial charge in [-0.25, -0.2) is 4.79 Å². The molecule has 1 aromatic heterocycles. The smallest absolute Gasteiger partial charge is 0.326 e. The van der Waals surface area contributed by atoms with E-state index >= 15 is 0 Å². The zero-order chi connectivity index (χ0) is 15.2. The maximum Gasteiger partial charge on any atom is 0.326 e. The van der Waals surface area contributed by atoms with Crippen LogP contribution in [0.4, 0.5) is 0 Å². The van der Waals surface area contributed by atoms with Gasteiger partial charge >= 0.3 is 5.97 Å². The molecule has 2 N–H and O–H groups in total. The van der Waals surface area contributed by atoms with E-state index in [1.807, 2.05) is 36.6 Å². The number of rotatable bonds is 7. The molecule has 0 saturated carbocycles. The lowest BCUT2D eigenvalue weighted by Crippen LogP contribution is -2.41. The average Bonchev–Trinajstić information content (AvgIpc) is 2.86. The van der Waals surface area contributed by atoms with Crippen LogP contribution in [0.25, 0.3) is 10.1 Å². The van der Waals surface area contributed by atoms with E-state index in [0.29, 0.717) is 6.42 Å². The highest BCUT2D eigenvalue weighted by atomic mass is 32.1. The molecule has 0 saturated heterocycles. The average molecular weight is 305 g/mol. The van der Waals surface area contributed by atoms with E-state index in [1.165, 1.54) is 0 Å². The van der Waals surface area contributed by atoms with Crippen LogP contribution in [0.3, 0.4) is 0 Å². The minimum atomic E-state index is -0.966. The summed E-state index contributed by atoms with van der Waals surface area (Å²) in [5, 5.41) is 14.8. The molecule has 0 unspecified atom stereocenters. The van der Waals surface area contributed by atoms with Crippen molar-refractivity contribution in [3.8, 4) is 0 Å². The summed E-state index contributed by atoms with van der Waals surface area (Å²) in [4.78, 5) is 23.2. The number of unbranched alkanes of at least 4 members (excludes halogenated alkanes) is 1. The molecule has 112 valence electrons. The Morgan fingerprint density at radius 1 is 1.33 bits per heavy atom. The van der Waals surface area contributed by atoms with Crippen LogP contribution < -0.4 is 5.32 Å². The largest absolute Gasteiger partial charge is 0.480 e. The maximum absolute atomic E-state index is 12.1. The van der Waals surface area contributed by atoms with Crippen molar-refractivity contribution in [2.24, 2.45) is 0 Å². The molecule has 0 spiro atoms. The number of hydrogen-bond acceptors (Lipinski definition) is 3. The molecule has 0 aliphatic rings. The number of aliphatic carboxylic acids is 1. The molecule has 2 aromatic rings. The van der Waals surface area contributed by atoms with Crippen LogP contribution in [0.2, 0.25) is 0 Å². The minimum Gasteiger partial charge on any atom is -0.480 e. The third-order valence-corrected chi connectivity index (χ3v) is 4.40. The van der Waals surface area contributed by atoms with E-state index in [1.54, 1.807) is 11.3 Å². The summed E-state index contributed by atoms with van der Waals surface area (Å²) in [6.07, 6.45) is 2.40. The van der Waals surface area contributed by atoms with Crippen LogP contribution in [0.15, 0.2) is 29.6 Å². The van der Waals surface area contributed by atoms with Crippen molar-refractivity contribution in [1.82, 2.24) is 5.32 Å². The first-order valence-corrected chi connectivity index (χ1v) is 7.97. The zero-order valence-electron chi connectivity index (χ0n) is 12.0. The summed E-state index contributed by atoms with van der Waals surface area (Å²) in [5.41, 5.74) is 0.952. The number of carbonyl (C=O) groups excluding carboxylic acids is 1. The summed E-state index contributed by atoms with van der Waals surface area (Å²) in [6, 6.07) is 7.12. The first-order valence-electron chi connectivity index (χ1n) is 7.09. The first-order chi connectivity index (χ1) is 10.1. The number of carboxylic acid groups (broad SMARTS) is 1. The lowest BCUT2D eigenvalue weighted by atomic mass is 10.1. The van der Waals surface area contributed by atoms with Crippen molar-refractivity contribution in [2.45, 2.75) is 38.6 Å². The van der Waals surface area contributed by atoms with Gasteiger partial charge in [0.15, 0.2) is 0 Å². The summed E-state index contributed by atoms with van der Waals surface area (Å²) < 4.78 is 1.14. The maximum atomic E-state index is 12.1. The fourth-order valence-electron chi connectivity index (χ4n) is 2.25. The molecule has 1 aromatic carbocycles. The molecule has 0 fully saturated rings. The molecule has 0 aliphatic carbocycles. The Bertz CT molecular complexity index is 635. The third-order valence-electron chi connectivity index (χ3n) is 3.39. The van der Waals surface area contributed by atoms with E-state index < -0.39 is 12.0 Å². The fourth-order valence-corrected chi connectivity index (χ4v) is 3.22. The van der Waals surface area contributed by atoms with Crippen molar-refractivity contribution in [1.29, 1.82) is 0 Å². The fraction of sp³-hybridized carbons (Fsp3) is 0.375. The van der Waals surface area contributed by atoms with Crippen molar-refractivity contribution in [3.63, 3.8) is 0 Å². The topological polar surface area (TPSA) is 66.4 Å². The van der Waals surface area contributed by atoms with Crippen LogP contribution in [-0.4, -0.2) is 23.0 Å². The van der Waals surface area contributed by atoms with Gasteiger partial charge in [-0.3, -0.25) is 4.79 Å². The number of nitrogens with one attached hydrogen (secondary N) is 1. The van der Waals surface area contributed by atoms with Gasteiger partial charge in [-0.05, 0) is 28.8 Å². The summed E-state index contributed by atoms with van der Waals surface area (Å²) in [6.45, 7) is 2.00. The molecule has 0 radical (unpaired) electrons. The molecule has 1 amide bonds. The van der Waals surface area contributed by atoms with E-state index in [0.717, 1.165) is 28.5 Å². The molecule has 0 aliphatic heterocycles. The first kappa shape index (κ1) is 15.5. The van der Waals surface area contributed by atoms with Crippen LogP contribution in [0, 0.1) is 0 Å². The van der Waals surface area contributed by atoms with Crippen molar-refractivity contribution >= 4 is 33.3 Å². The lowest BCUT2D eigenvalue weighted by molar-refractivity contribution is -0.141. The number of carbonyl (C=O) groups is 2. The van der Waals surface area contributed by atoms with Crippen molar-refractivity contribution in [2.75, 3.05) is 0 Å². The monoisotopic (exact) mass is 305 g/mol. The van der Waals surface area contributed by atoms with E-state index in [2.05, 4.69) is 5.32 Å².